The molecular formula is C12H15NO3. The maximum absolute atomic E-state index is 11.6. The lowest BCUT2D eigenvalue weighted by Crippen LogP contribution is -2.57. The first-order valence-electron chi connectivity index (χ1n) is 5.38. The Labute approximate surface area is 94.3 Å². The number of ether oxygens (including phenoxy) is 1. The molecular weight excluding hydrogens is 206 g/mol. The summed E-state index contributed by atoms with van der Waals surface area (Å²) in [5.74, 6) is -0.618. The van der Waals surface area contributed by atoms with Crippen molar-refractivity contribution in [1.29, 1.82) is 0 Å². The fourth-order valence-electron chi connectivity index (χ4n) is 2.65. The van der Waals surface area contributed by atoms with Crippen LogP contribution in [-0.4, -0.2) is 19.0 Å². The molecule has 4 heteroatoms. The van der Waals surface area contributed by atoms with Crippen molar-refractivity contribution in [3.8, 4) is 0 Å². The van der Waals surface area contributed by atoms with Gasteiger partial charge < -0.3 is 10.1 Å². The van der Waals surface area contributed by atoms with Gasteiger partial charge >= 0.3 is 5.97 Å². The molecule has 0 aromatic carbocycles. The predicted molar refractivity (Wildman–Crippen MR) is 58.1 cm³/mol. The Morgan fingerprint density at radius 2 is 2.31 bits per heavy atom. The molecule has 86 valence electrons. The van der Waals surface area contributed by atoms with Crippen LogP contribution >= 0.6 is 0 Å². The zero-order valence-corrected chi connectivity index (χ0v) is 9.34. The van der Waals surface area contributed by atoms with E-state index in [2.05, 4.69) is 5.32 Å². The Hall–Kier alpha value is -1.58. The van der Waals surface area contributed by atoms with E-state index in [1.807, 2.05) is 25.2 Å². The fourth-order valence-corrected chi connectivity index (χ4v) is 2.65. The second kappa shape index (κ2) is 4.12. The van der Waals surface area contributed by atoms with Crippen molar-refractivity contribution in [3.05, 3.63) is 24.4 Å². The van der Waals surface area contributed by atoms with Crippen molar-refractivity contribution in [1.82, 2.24) is 5.32 Å². The second-order valence-electron chi connectivity index (χ2n) is 4.12. The summed E-state index contributed by atoms with van der Waals surface area (Å²) < 4.78 is 4.78. The third-order valence-electron chi connectivity index (χ3n) is 3.39. The lowest BCUT2D eigenvalue weighted by molar-refractivity contribution is -0.161. The number of rotatable bonds is 2. The van der Waals surface area contributed by atoms with Crippen LogP contribution in [-0.2, 0) is 14.3 Å². The first-order valence-corrected chi connectivity index (χ1v) is 5.38. The summed E-state index contributed by atoms with van der Waals surface area (Å²) >= 11 is 0. The summed E-state index contributed by atoms with van der Waals surface area (Å²) in [6.45, 7) is 1.89. The van der Waals surface area contributed by atoms with E-state index < -0.39 is 0 Å². The van der Waals surface area contributed by atoms with Crippen molar-refractivity contribution in [3.63, 3.8) is 0 Å². The van der Waals surface area contributed by atoms with E-state index in [-0.39, 0.29) is 35.5 Å². The van der Waals surface area contributed by atoms with Crippen LogP contribution in [0.3, 0.4) is 0 Å². The number of fused-ring (bicyclic) bond motifs is 1. The minimum Gasteiger partial charge on any atom is -0.469 e. The summed E-state index contributed by atoms with van der Waals surface area (Å²) in [5.41, 5.74) is 0. The molecule has 1 aliphatic carbocycles. The molecule has 1 aliphatic heterocycles. The number of allylic oxidation sites excluding steroid dienone is 3. The highest BCUT2D eigenvalue weighted by atomic mass is 16.5. The molecule has 0 saturated heterocycles. The Bertz CT molecular complexity index is 372. The largest absolute Gasteiger partial charge is 0.469 e. The summed E-state index contributed by atoms with van der Waals surface area (Å²) in [5, 5.41) is 2.67. The van der Waals surface area contributed by atoms with Crippen LogP contribution in [0.25, 0.3) is 0 Å². The number of methoxy groups -OCH3 is 1. The molecule has 1 saturated carbocycles. The van der Waals surface area contributed by atoms with Crippen molar-refractivity contribution >= 4 is 11.9 Å². The molecule has 16 heavy (non-hydrogen) atoms. The predicted octanol–water partition coefficient (Wildman–Crippen LogP) is 0.857. The molecule has 1 fully saturated rings. The molecule has 2 rings (SSSR count). The third-order valence-corrected chi connectivity index (χ3v) is 3.39. The molecule has 1 N–H and O–H groups in total. The monoisotopic (exact) mass is 221 g/mol. The van der Waals surface area contributed by atoms with Crippen molar-refractivity contribution in [2.24, 2.45) is 23.7 Å². The topological polar surface area (TPSA) is 55.4 Å². The van der Waals surface area contributed by atoms with Crippen LogP contribution in [0, 0.1) is 23.7 Å². The molecule has 4 nitrogen and oxygen atoms in total. The molecule has 0 aromatic rings. The van der Waals surface area contributed by atoms with E-state index in [1.54, 1.807) is 6.20 Å². The summed E-state index contributed by atoms with van der Waals surface area (Å²) in [6.07, 6.45) is 7.29. The Kier molecular flexibility index (Phi) is 2.81. The molecule has 1 amide bonds. The van der Waals surface area contributed by atoms with Gasteiger partial charge in [-0.05, 0) is 6.92 Å². The Morgan fingerprint density at radius 3 is 2.94 bits per heavy atom. The lowest BCUT2D eigenvalue weighted by Gasteiger charge is -2.48. The first-order chi connectivity index (χ1) is 7.70. The molecule has 2 unspecified atom stereocenters. The number of hydrogen-bond donors (Lipinski definition) is 1. The van der Waals surface area contributed by atoms with Gasteiger partial charge in [0, 0.05) is 18.0 Å². The molecule has 2 aliphatic rings. The van der Waals surface area contributed by atoms with E-state index in [0.717, 1.165) is 0 Å². The van der Waals surface area contributed by atoms with Crippen LogP contribution in [0.1, 0.15) is 6.92 Å². The van der Waals surface area contributed by atoms with Gasteiger partial charge in [0.1, 0.15) is 0 Å². The molecule has 0 radical (unpaired) electrons. The van der Waals surface area contributed by atoms with Gasteiger partial charge in [0.05, 0.1) is 18.9 Å². The van der Waals surface area contributed by atoms with E-state index in [9.17, 15) is 9.59 Å². The van der Waals surface area contributed by atoms with E-state index in [4.69, 9.17) is 4.74 Å². The van der Waals surface area contributed by atoms with Crippen molar-refractivity contribution in [2.75, 3.05) is 7.11 Å². The highest BCUT2D eigenvalue weighted by Gasteiger charge is 2.56. The number of amides is 1. The maximum Gasteiger partial charge on any atom is 0.309 e. The molecule has 1 heterocycles. The van der Waals surface area contributed by atoms with Crippen LogP contribution in [0.5, 0.6) is 0 Å². The minimum atomic E-state index is -0.233. The average Bonchev–Trinajstić information content (AvgIpc) is 2.26. The molecule has 0 bridgehead atoms. The zero-order chi connectivity index (χ0) is 11.7. The number of esters is 1. The van der Waals surface area contributed by atoms with E-state index in [0.29, 0.717) is 0 Å². The SMILES string of the molecule is C/C=C/[C@H]1C2C(=O)NC=CC2[C@@H]1C(=O)OC. The summed E-state index contributed by atoms with van der Waals surface area (Å²) in [6, 6.07) is 0. The van der Waals surface area contributed by atoms with E-state index >= 15 is 0 Å². The van der Waals surface area contributed by atoms with Gasteiger partial charge in [-0.15, -0.1) is 0 Å². The molecule has 0 aromatic heterocycles. The van der Waals surface area contributed by atoms with Gasteiger partial charge in [-0.1, -0.05) is 18.2 Å². The summed E-state index contributed by atoms with van der Waals surface area (Å²) in [7, 11) is 1.38. The second-order valence-corrected chi connectivity index (χ2v) is 4.12. The van der Waals surface area contributed by atoms with Crippen LogP contribution in [0.4, 0.5) is 0 Å². The number of hydrogen-bond acceptors (Lipinski definition) is 3. The Morgan fingerprint density at radius 1 is 1.56 bits per heavy atom. The first kappa shape index (κ1) is 10.9. The van der Waals surface area contributed by atoms with Crippen molar-refractivity contribution < 1.29 is 14.3 Å². The number of carbonyl (C=O) groups excluding carboxylic acids is 2. The van der Waals surface area contributed by atoms with Crippen LogP contribution in [0.2, 0.25) is 0 Å². The standard InChI is InChI=1S/C12H15NO3/c1-3-4-7-9-8(5-6-13-11(9)14)10(7)12(15)16-2/h3-10H,1-2H3,(H,13,14)/b4-3+/t7-,8?,9?,10+/m0/s1. The van der Waals surface area contributed by atoms with Gasteiger partial charge in [-0.25, -0.2) is 0 Å². The van der Waals surface area contributed by atoms with Crippen molar-refractivity contribution in [2.45, 2.75) is 6.92 Å². The van der Waals surface area contributed by atoms with E-state index in [1.165, 1.54) is 7.11 Å². The Balaban J connectivity index is 2.25. The highest BCUT2D eigenvalue weighted by molar-refractivity contribution is 5.87. The van der Waals surface area contributed by atoms with Gasteiger partial charge in [0.25, 0.3) is 0 Å². The number of carbonyl (C=O) groups is 2. The smallest absolute Gasteiger partial charge is 0.309 e. The normalized spacial score (nSPS) is 36.5. The van der Waals surface area contributed by atoms with Crippen LogP contribution in [0.15, 0.2) is 24.4 Å². The van der Waals surface area contributed by atoms with Gasteiger partial charge in [-0.3, -0.25) is 9.59 Å². The molecule has 0 spiro atoms. The zero-order valence-electron chi connectivity index (χ0n) is 9.34. The summed E-state index contributed by atoms with van der Waals surface area (Å²) in [4.78, 5) is 23.3. The third kappa shape index (κ3) is 1.45. The quantitative estimate of drug-likeness (QED) is 0.555. The minimum absolute atomic E-state index is 0.00393. The lowest BCUT2D eigenvalue weighted by atomic mass is 9.55. The van der Waals surface area contributed by atoms with Gasteiger partial charge in [0.2, 0.25) is 5.91 Å². The highest BCUT2D eigenvalue weighted by Crippen LogP contribution is 2.49. The number of nitrogens with one attached hydrogen (secondary N) is 1. The maximum atomic E-state index is 11.6. The van der Waals surface area contributed by atoms with Crippen LogP contribution < -0.4 is 5.32 Å². The van der Waals surface area contributed by atoms with Gasteiger partial charge in [-0.2, -0.15) is 0 Å². The average molecular weight is 221 g/mol. The fraction of sp³-hybridized carbons (Fsp3) is 0.500. The molecule has 4 atom stereocenters. The van der Waals surface area contributed by atoms with Gasteiger partial charge in [0.15, 0.2) is 0 Å².